The number of alkyl halides is 1. The van der Waals surface area contributed by atoms with Gasteiger partial charge in [-0.3, -0.25) is 4.68 Å². The Kier molecular flexibility index (Phi) is 4.57. The van der Waals surface area contributed by atoms with E-state index in [9.17, 15) is 8.42 Å². The summed E-state index contributed by atoms with van der Waals surface area (Å²) in [5, 5.41) is 3.84. The van der Waals surface area contributed by atoms with Crippen LogP contribution in [0, 0.1) is 5.41 Å². The van der Waals surface area contributed by atoms with E-state index in [1.165, 1.54) is 17.1 Å². The molecule has 0 aliphatic carbocycles. The molecule has 0 atom stereocenters. The molecule has 7 heteroatoms. The Balaban J connectivity index is 2.69. The number of halogens is 1. The SMILES string of the molecule is Cn1cc(S(=O)(=O)NCC(C)(C)CCCl)cn1. The number of aryl methyl sites for hydroxylation is 1. The number of sulfonamides is 1. The van der Waals surface area contributed by atoms with E-state index in [0.29, 0.717) is 12.4 Å². The topological polar surface area (TPSA) is 64.0 Å². The van der Waals surface area contributed by atoms with Crippen molar-refractivity contribution in [3.8, 4) is 0 Å². The van der Waals surface area contributed by atoms with Crippen LogP contribution in [0.4, 0.5) is 0 Å². The average Bonchev–Trinajstić information content (AvgIpc) is 2.63. The Morgan fingerprint density at radius 3 is 2.65 bits per heavy atom. The van der Waals surface area contributed by atoms with Crippen molar-refractivity contribution < 1.29 is 8.42 Å². The lowest BCUT2D eigenvalue weighted by Crippen LogP contribution is -2.34. The quantitative estimate of drug-likeness (QED) is 0.800. The average molecular weight is 280 g/mol. The number of nitrogens with zero attached hydrogens (tertiary/aromatic N) is 2. The third-order valence-corrected chi connectivity index (χ3v) is 4.05. The summed E-state index contributed by atoms with van der Waals surface area (Å²) in [7, 11) is -1.79. The molecule has 0 aromatic carbocycles. The number of nitrogens with one attached hydrogen (secondary N) is 1. The fourth-order valence-corrected chi connectivity index (χ4v) is 2.99. The summed E-state index contributed by atoms with van der Waals surface area (Å²) >= 11 is 5.67. The van der Waals surface area contributed by atoms with Crippen LogP contribution in [0.1, 0.15) is 20.3 Å². The Morgan fingerprint density at radius 1 is 1.53 bits per heavy atom. The molecule has 1 N–H and O–H groups in total. The van der Waals surface area contributed by atoms with E-state index in [2.05, 4.69) is 9.82 Å². The molecule has 0 saturated heterocycles. The van der Waals surface area contributed by atoms with Gasteiger partial charge in [0.05, 0.1) is 6.20 Å². The fraction of sp³-hybridized carbons (Fsp3) is 0.700. The fourth-order valence-electron chi connectivity index (χ4n) is 1.26. The highest BCUT2D eigenvalue weighted by molar-refractivity contribution is 7.89. The molecule has 0 radical (unpaired) electrons. The lowest BCUT2D eigenvalue weighted by atomic mass is 9.91. The van der Waals surface area contributed by atoms with E-state index in [4.69, 9.17) is 11.6 Å². The molecule has 1 aromatic rings. The first-order valence-corrected chi connectivity index (χ1v) is 7.33. The molecular weight excluding hydrogens is 262 g/mol. The van der Waals surface area contributed by atoms with Crippen molar-refractivity contribution in [1.29, 1.82) is 0 Å². The molecule has 0 aliphatic rings. The van der Waals surface area contributed by atoms with Gasteiger partial charge < -0.3 is 0 Å². The highest BCUT2D eigenvalue weighted by Gasteiger charge is 2.22. The van der Waals surface area contributed by atoms with E-state index in [1.807, 2.05) is 13.8 Å². The van der Waals surface area contributed by atoms with E-state index >= 15 is 0 Å². The first kappa shape index (κ1) is 14.5. The van der Waals surface area contributed by atoms with Crippen LogP contribution in [0.3, 0.4) is 0 Å². The molecule has 0 amide bonds. The van der Waals surface area contributed by atoms with E-state index in [0.717, 1.165) is 6.42 Å². The summed E-state index contributed by atoms with van der Waals surface area (Å²) < 4.78 is 27.8. The Labute approximate surface area is 107 Å². The van der Waals surface area contributed by atoms with Crippen LogP contribution in [-0.4, -0.2) is 30.6 Å². The maximum atomic E-state index is 11.9. The summed E-state index contributed by atoms with van der Waals surface area (Å²) in [5.41, 5.74) is -0.156. The monoisotopic (exact) mass is 279 g/mol. The van der Waals surface area contributed by atoms with E-state index < -0.39 is 10.0 Å². The minimum atomic E-state index is -3.47. The largest absolute Gasteiger partial charge is 0.274 e. The van der Waals surface area contributed by atoms with Crippen molar-refractivity contribution >= 4 is 21.6 Å². The Bertz CT molecular complexity index is 468. The van der Waals surface area contributed by atoms with Crippen LogP contribution in [0.15, 0.2) is 17.3 Å². The van der Waals surface area contributed by atoms with Gasteiger partial charge in [-0.25, -0.2) is 13.1 Å². The second-order valence-electron chi connectivity index (χ2n) is 4.78. The summed E-state index contributed by atoms with van der Waals surface area (Å²) in [6.07, 6.45) is 3.55. The molecule has 17 heavy (non-hydrogen) atoms. The smallest absolute Gasteiger partial charge is 0.243 e. The van der Waals surface area contributed by atoms with Gasteiger partial charge >= 0.3 is 0 Å². The number of hydrogen-bond acceptors (Lipinski definition) is 3. The minimum Gasteiger partial charge on any atom is -0.274 e. The summed E-state index contributed by atoms with van der Waals surface area (Å²) in [5.74, 6) is 0.515. The lowest BCUT2D eigenvalue weighted by Gasteiger charge is -2.23. The van der Waals surface area contributed by atoms with Gasteiger partial charge in [-0.2, -0.15) is 5.10 Å². The number of rotatable bonds is 6. The second kappa shape index (κ2) is 5.37. The van der Waals surface area contributed by atoms with Gasteiger partial charge in [0.15, 0.2) is 0 Å². The van der Waals surface area contributed by atoms with Gasteiger partial charge in [-0.15, -0.1) is 11.6 Å². The molecule has 0 aliphatic heterocycles. The van der Waals surface area contributed by atoms with Crippen LogP contribution < -0.4 is 4.72 Å². The van der Waals surface area contributed by atoms with Crippen LogP contribution in [0.2, 0.25) is 0 Å². The van der Waals surface area contributed by atoms with Crippen LogP contribution in [-0.2, 0) is 17.1 Å². The third-order valence-electron chi connectivity index (χ3n) is 2.50. The van der Waals surface area contributed by atoms with Gasteiger partial charge in [0.1, 0.15) is 4.90 Å². The zero-order valence-corrected chi connectivity index (χ0v) is 11.8. The third kappa shape index (κ3) is 4.29. The van der Waals surface area contributed by atoms with E-state index in [1.54, 1.807) is 7.05 Å². The predicted molar refractivity (Wildman–Crippen MR) is 67.5 cm³/mol. The minimum absolute atomic E-state index is 0.156. The van der Waals surface area contributed by atoms with Crippen LogP contribution in [0.5, 0.6) is 0 Å². The molecule has 5 nitrogen and oxygen atoms in total. The first-order valence-electron chi connectivity index (χ1n) is 5.31. The van der Waals surface area contributed by atoms with Crippen molar-refractivity contribution in [1.82, 2.24) is 14.5 Å². The predicted octanol–water partition coefficient (Wildman–Crippen LogP) is 1.35. The van der Waals surface area contributed by atoms with Crippen molar-refractivity contribution in [3.05, 3.63) is 12.4 Å². The molecule has 0 saturated carbocycles. The molecule has 1 aromatic heterocycles. The highest BCUT2D eigenvalue weighted by atomic mass is 35.5. The standard InChI is InChI=1S/C10H18ClN3O2S/c1-10(2,4-5-11)8-13-17(15,16)9-6-12-14(3)7-9/h6-7,13H,4-5,8H2,1-3H3. The Hall–Kier alpha value is -0.590. The Morgan fingerprint density at radius 2 is 2.18 bits per heavy atom. The second-order valence-corrected chi connectivity index (χ2v) is 6.92. The van der Waals surface area contributed by atoms with Gasteiger partial charge in [-0.1, -0.05) is 13.8 Å². The van der Waals surface area contributed by atoms with Gasteiger partial charge in [0, 0.05) is 25.7 Å². The number of hydrogen-bond donors (Lipinski definition) is 1. The van der Waals surface area contributed by atoms with E-state index in [-0.39, 0.29) is 10.3 Å². The molecule has 0 unspecified atom stereocenters. The van der Waals surface area contributed by atoms with Crippen molar-refractivity contribution in [3.63, 3.8) is 0 Å². The number of aromatic nitrogens is 2. The maximum Gasteiger partial charge on any atom is 0.243 e. The molecule has 0 spiro atoms. The van der Waals surface area contributed by atoms with Crippen molar-refractivity contribution in [2.75, 3.05) is 12.4 Å². The summed E-state index contributed by atoms with van der Waals surface area (Å²) in [6, 6.07) is 0. The van der Waals surface area contributed by atoms with Crippen LogP contribution >= 0.6 is 11.6 Å². The van der Waals surface area contributed by atoms with Gasteiger partial charge in [0.25, 0.3) is 0 Å². The molecule has 0 fully saturated rings. The van der Waals surface area contributed by atoms with Crippen LogP contribution in [0.25, 0.3) is 0 Å². The molecular formula is C10H18ClN3O2S. The summed E-state index contributed by atoms with van der Waals surface area (Å²) in [4.78, 5) is 0.182. The van der Waals surface area contributed by atoms with Crippen molar-refractivity contribution in [2.24, 2.45) is 12.5 Å². The maximum absolute atomic E-state index is 11.9. The molecule has 98 valence electrons. The molecule has 1 heterocycles. The zero-order chi connectivity index (χ0) is 13.1. The zero-order valence-electron chi connectivity index (χ0n) is 10.3. The highest BCUT2D eigenvalue weighted by Crippen LogP contribution is 2.20. The van der Waals surface area contributed by atoms with Gasteiger partial charge in [0.2, 0.25) is 10.0 Å². The molecule has 1 rings (SSSR count). The van der Waals surface area contributed by atoms with Crippen molar-refractivity contribution in [2.45, 2.75) is 25.2 Å². The van der Waals surface area contributed by atoms with Gasteiger partial charge in [-0.05, 0) is 11.8 Å². The normalized spacial score (nSPS) is 12.9. The molecule has 0 bridgehead atoms. The first-order chi connectivity index (χ1) is 7.77. The lowest BCUT2D eigenvalue weighted by molar-refractivity contribution is 0.352. The summed E-state index contributed by atoms with van der Waals surface area (Å²) in [6.45, 7) is 4.30.